The third-order valence-electron chi connectivity index (χ3n) is 3.66. The van der Waals surface area contributed by atoms with Crippen LogP contribution in [0.25, 0.3) is 0 Å². The van der Waals surface area contributed by atoms with E-state index in [1.807, 2.05) is 20.8 Å². The van der Waals surface area contributed by atoms with Gasteiger partial charge in [0.05, 0.1) is 5.41 Å². The molecule has 1 aromatic rings. The first-order valence-corrected chi connectivity index (χ1v) is 8.99. The molecule has 0 spiro atoms. The summed E-state index contributed by atoms with van der Waals surface area (Å²) in [5, 5.41) is 2.62. The van der Waals surface area contributed by atoms with E-state index >= 15 is 0 Å². The van der Waals surface area contributed by atoms with E-state index in [-0.39, 0.29) is 5.75 Å². The number of rotatable bonds is 6. The molecule has 2 N–H and O–H groups in total. The third-order valence-corrected chi connectivity index (χ3v) is 4.57. The lowest BCUT2D eigenvalue weighted by atomic mass is 9.85. The van der Waals surface area contributed by atoms with E-state index < -0.39 is 28.1 Å². The van der Waals surface area contributed by atoms with Gasteiger partial charge in [-0.15, -0.1) is 0 Å². The summed E-state index contributed by atoms with van der Waals surface area (Å²) < 4.78 is 41.0. The number of carbonyl (C=O) groups excluding carboxylic acids is 1. The minimum absolute atomic E-state index is 0.149. The van der Waals surface area contributed by atoms with Gasteiger partial charge in [-0.05, 0) is 38.5 Å². The number of benzene rings is 1. The van der Waals surface area contributed by atoms with Crippen molar-refractivity contribution in [1.82, 2.24) is 10.0 Å². The molecule has 0 aromatic heterocycles. The molecule has 1 amide bonds. The fourth-order valence-electron chi connectivity index (χ4n) is 2.26. The zero-order chi connectivity index (χ0) is 18.0. The molecule has 9 heteroatoms. The number of alkyl carbamates (subject to hydrolysis) is 1. The minimum atomic E-state index is -3.86. The van der Waals surface area contributed by atoms with Crippen molar-refractivity contribution in [3.63, 3.8) is 0 Å². The van der Waals surface area contributed by atoms with Crippen molar-refractivity contribution >= 4 is 16.4 Å². The van der Waals surface area contributed by atoms with Gasteiger partial charge in [0.1, 0.15) is 11.5 Å². The molecule has 134 valence electrons. The van der Waals surface area contributed by atoms with Crippen LogP contribution >= 0.6 is 0 Å². The predicted molar refractivity (Wildman–Crippen MR) is 87.3 cm³/mol. The molecule has 0 saturated carbocycles. The highest BCUT2D eigenvalue weighted by Crippen LogP contribution is 2.44. The van der Waals surface area contributed by atoms with E-state index in [0.29, 0.717) is 17.9 Å². The summed E-state index contributed by atoms with van der Waals surface area (Å²) in [5.41, 5.74) is 0.0291. The second kappa shape index (κ2) is 6.86. The summed E-state index contributed by atoms with van der Waals surface area (Å²) in [4.78, 5) is 11.8. The Morgan fingerprint density at radius 1 is 1.38 bits per heavy atom. The molecule has 0 fully saturated rings. The van der Waals surface area contributed by atoms with E-state index in [2.05, 4.69) is 10.0 Å². The van der Waals surface area contributed by atoms with Crippen LogP contribution in [0.1, 0.15) is 32.8 Å². The van der Waals surface area contributed by atoms with Gasteiger partial charge in [-0.1, -0.05) is 6.92 Å². The second-order valence-electron chi connectivity index (χ2n) is 5.90. The molecule has 1 aliphatic heterocycles. The molecule has 2 rings (SSSR count). The number of amides is 1. The van der Waals surface area contributed by atoms with Gasteiger partial charge in [-0.25, -0.2) is 4.79 Å². The van der Waals surface area contributed by atoms with E-state index in [1.165, 1.54) is 13.1 Å². The Kier molecular flexibility index (Phi) is 5.24. The standard InChI is InChI=1S/C15H22N2O6S/c1-5-8-17-14(18)22-13-15(2,3)11-9-10(6-7-12(11)21-13)23-24(19,20)16-4/h6-7,9,13,16H,5,8H2,1-4H3,(H,17,18). The monoisotopic (exact) mass is 358 g/mol. The van der Waals surface area contributed by atoms with Crippen LogP contribution in [0.4, 0.5) is 4.79 Å². The van der Waals surface area contributed by atoms with Crippen LogP contribution in [0.2, 0.25) is 0 Å². The van der Waals surface area contributed by atoms with E-state index in [1.54, 1.807) is 12.1 Å². The fourth-order valence-corrected chi connectivity index (χ4v) is 2.70. The number of ether oxygens (including phenoxy) is 2. The van der Waals surface area contributed by atoms with Gasteiger partial charge in [0.25, 0.3) is 6.29 Å². The average Bonchev–Trinajstić information content (AvgIpc) is 2.76. The minimum Gasteiger partial charge on any atom is -0.453 e. The van der Waals surface area contributed by atoms with Crippen molar-refractivity contribution in [3.8, 4) is 11.5 Å². The Hall–Kier alpha value is -2.00. The molecule has 0 radical (unpaired) electrons. The lowest BCUT2D eigenvalue weighted by molar-refractivity contribution is -0.0563. The normalized spacial score (nSPS) is 18.4. The maximum Gasteiger partial charge on any atom is 0.410 e. The summed E-state index contributed by atoms with van der Waals surface area (Å²) >= 11 is 0. The Bertz CT molecular complexity index is 717. The van der Waals surface area contributed by atoms with Crippen LogP contribution < -0.4 is 19.0 Å². The Morgan fingerprint density at radius 3 is 2.71 bits per heavy atom. The van der Waals surface area contributed by atoms with Crippen LogP contribution in [-0.2, 0) is 20.5 Å². The molecule has 0 saturated heterocycles. The molecule has 1 atom stereocenters. The Labute approximate surface area is 141 Å². The van der Waals surface area contributed by atoms with Gasteiger partial charge in [-0.3, -0.25) is 0 Å². The fraction of sp³-hybridized carbons (Fsp3) is 0.533. The molecule has 8 nitrogen and oxygen atoms in total. The topological polar surface area (TPSA) is 103 Å². The summed E-state index contributed by atoms with van der Waals surface area (Å²) in [6.45, 7) is 6.13. The third kappa shape index (κ3) is 3.90. The van der Waals surface area contributed by atoms with Crippen molar-refractivity contribution in [2.45, 2.75) is 38.9 Å². The highest BCUT2D eigenvalue weighted by atomic mass is 32.2. The molecule has 24 heavy (non-hydrogen) atoms. The number of fused-ring (bicyclic) bond motifs is 1. The molecule has 1 aromatic carbocycles. The van der Waals surface area contributed by atoms with Crippen LogP contribution in [0.15, 0.2) is 18.2 Å². The lowest BCUT2D eigenvalue weighted by Crippen LogP contribution is -2.40. The van der Waals surface area contributed by atoms with Gasteiger partial charge in [0.15, 0.2) is 0 Å². The van der Waals surface area contributed by atoms with Gasteiger partial charge < -0.3 is 19.0 Å². The van der Waals surface area contributed by atoms with Crippen molar-refractivity contribution in [2.75, 3.05) is 13.6 Å². The van der Waals surface area contributed by atoms with E-state index in [4.69, 9.17) is 13.7 Å². The number of carbonyl (C=O) groups is 1. The summed E-state index contributed by atoms with van der Waals surface area (Å²) in [7, 11) is -2.60. The van der Waals surface area contributed by atoms with Crippen LogP contribution in [-0.4, -0.2) is 34.4 Å². The zero-order valence-corrected chi connectivity index (χ0v) is 14.9. The van der Waals surface area contributed by atoms with Gasteiger partial charge >= 0.3 is 16.4 Å². The molecular formula is C15H22N2O6S. The Morgan fingerprint density at radius 2 is 2.08 bits per heavy atom. The smallest absolute Gasteiger partial charge is 0.410 e. The average molecular weight is 358 g/mol. The summed E-state index contributed by atoms with van der Waals surface area (Å²) in [6.07, 6.45) is -0.581. The molecule has 0 bridgehead atoms. The van der Waals surface area contributed by atoms with Crippen molar-refractivity contribution in [3.05, 3.63) is 23.8 Å². The maximum atomic E-state index is 11.8. The van der Waals surface area contributed by atoms with Crippen LogP contribution in [0, 0.1) is 0 Å². The Balaban J connectivity index is 2.18. The largest absolute Gasteiger partial charge is 0.453 e. The first kappa shape index (κ1) is 18.3. The molecule has 0 aliphatic carbocycles. The SMILES string of the molecule is CCCNC(=O)OC1Oc2ccc(OS(=O)(=O)NC)cc2C1(C)C. The van der Waals surface area contributed by atoms with Gasteiger partial charge in [-0.2, -0.15) is 13.1 Å². The first-order chi connectivity index (χ1) is 11.2. The quantitative estimate of drug-likeness (QED) is 0.802. The van der Waals surface area contributed by atoms with Crippen LogP contribution in [0.5, 0.6) is 11.5 Å². The maximum absolute atomic E-state index is 11.8. The number of hydrogen-bond acceptors (Lipinski definition) is 6. The molecule has 1 heterocycles. The van der Waals surface area contributed by atoms with Crippen LogP contribution in [0.3, 0.4) is 0 Å². The first-order valence-electron chi connectivity index (χ1n) is 7.58. The number of nitrogens with one attached hydrogen (secondary N) is 2. The molecule has 1 unspecified atom stereocenters. The predicted octanol–water partition coefficient (Wildman–Crippen LogP) is 1.66. The highest BCUT2D eigenvalue weighted by Gasteiger charge is 2.44. The van der Waals surface area contributed by atoms with Crippen molar-refractivity contribution in [2.24, 2.45) is 0 Å². The molecular weight excluding hydrogens is 336 g/mol. The lowest BCUT2D eigenvalue weighted by Gasteiger charge is -2.25. The van der Waals surface area contributed by atoms with Gasteiger partial charge in [0, 0.05) is 19.2 Å². The van der Waals surface area contributed by atoms with Crippen molar-refractivity contribution < 1.29 is 26.9 Å². The summed E-state index contributed by atoms with van der Waals surface area (Å²) in [6, 6.07) is 4.63. The molecule has 1 aliphatic rings. The summed E-state index contributed by atoms with van der Waals surface area (Å²) in [5.74, 6) is 0.665. The van der Waals surface area contributed by atoms with E-state index in [9.17, 15) is 13.2 Å². The van der Waals surface area contributed by atoms with E-state index in [0.717, 1.165) is 6.42 Å². The van der Waals surface area contributed by atoms with Gasteiger partial charge in [0.2, 0.25) is 0 Å². The van der Waals surface area contributed by atoms with Crippen molar-refractivity contribution in [1.29, 1.82) is 0 Å². The zero-order valence-electron chi connectivity index (χ0n) is 14.1. The second-order valence-corrected chi connectivity index (χ2v) is 7.39. The number of hydrogen-bond donors (Lipinski definition) is 2. The highest BCUT2D eigenvalue weighted by molar-refractivity contribution is 7.85.